The molecule has 14 heavy (non-hydrogen) atoms. The minimum Gasteiger partial charge on any atom is -0.0645 e. The van der Waals surface area contributed by atoms with E-state index in [0.29, 0.717) is 0 Å². The van der Waals surface area contributed by atoms with E-state index in [2.05, 4.69) is 20.8 Å². The highest BCUT2D eigenvalue weighted by molar-refractivity contribution is 5.49. The number of rotatable bonds is 2. The quantitative estimate of drug-likeness (QED) is 0.596. The molecule has 0 saturated heterocycles. The van der Waals surface area contributed by atoms with Crippen molar-refractivity contribution in [3.05, 3.63) is 22.3 Å². The topological polar surface area (TPSA) is 0 Å². The van der Waals surface area contributed by atoms with Gasteiger partial charge in [0.25, 0.3) is 0 Å². The summed E-state index contributed by atoms with van der Waals surface area (Å²) >= 11 is 0. The fraction of sp³-hybridized carbons (Fsp3) is 0.714. The van der Waals surface area contributed by atoms with E-state index >= 15 is 0 Å². The first kappa shape index (κ1) is 10.0. The molecular formula is C14H22. The highest BCUT2D eigenvalue weighted by Crippen LogP contribution is 2.46. The molecule has 0 nitrogen and oxygen atoms in total. The Kier molecular flexibility index (Phi) is 2.80. The van der Waals surface area contributed by atoms with Gasteiger partial charge in [0.1, 0.15) is 0 Å². The molecule has 0 aromatic heterocycles. The van der Waals surface area contributed by atoms with E-state index in [-0.39, 0.29) is 0 Å². The summed E-state index contributed by atoms with van der Waals surface area (Å²) < 4.78 is 0. The highest BCUT2D eigenvalue weighted by atomic mass is 14.3. The molecular weight excluding hydrogens is 168 g/mol. The third-order valence-electron chi connectivity index (χ3n) is 4.08. The molecule has 0 heterocycles. The summed E-state index contributed by atoms with van der Waals surface area (Å²) in [5.74, 6) is 0.829. The van der Waals surface area contributed by atoms with Crippen LogP contribution in [0.3, 0.4) is 0 Å². The molecule has 0 radical (unpaired) electrons. The average Bonchev–Trinajstić information content (AvgIpc) is 2.51. The lowest BCUT2D eigenvalue weighted by atomic mass is 9.85. The molecule has 78 valence electrons. The van der Waals surface area contributed by atoms with Crippen LogP contribution in [0.25, 0.3) is 0 Å². The Morgan fingerprint density at radius 3 is 2.50 bits per heavy atom. The van der Waals surface area contributed by atoms with Crippen molar-refractivity contribution < 1.29 is 0 Å². The largest absolute Gasteiger partial charge is 0.0645 e. The summed E-state index contributed by atoms with van der Waals surface area (Å²) in [5, 5.41) is 0. The maximum absolute atomic E-state index is 2.36. The lowest BCUT2D eigenvalue weighted by Crippen LogP contribution is -2.05. The van der Waals surface area contributed by atoms with Gasteiger partial charge in [0.05, 0.1) is 0 Å². The normalized spacial score (nSPS) is 27.2. The summed E-state index contributed by atoms with van der Waals surface area (Å²) in [5.41, 5.74) is 6.97. The minimum absolute atomic E-state index is 0.829. The van der Waals surface area contributed by atoms with E-state index in [0.717, 1.165) is 5.92 Å². The molecule has 0 saturated carbocycles. The Hall–Kier alpha value is -0.520. The Balaban J connectivity index is 2.36. The molecule has 2 aliphatic rings. The molecule has 1 atom stereocenters. The van der Waals surface area contributed by atoms with E-state index in [1.165, 1.54) is 38.5 Å². The highest BCUT2D eigenvalue weighted by Gasteiger charge is 2.30. The van der Waals surface area contributed by atoms with Crippen molar-refractivity contribution in [1.29, 1.82) is 0 Å². The predicted molar refractivity (Wildman–Crippen MR) is 62.3 cm³/mol. The zero-order chi connectivity index (χ0) is 10.1. The van der Waals surface area contributed by atoms with Crippen molar-refractivity contribution in [2.45, 2.75) is 59.3 Å². The molecule has 0 bridgehead atoms. The van der Waals surface area contributed by atoms with Gasteiger partial charge >= 0.3 is 0 Å². The summed E-state index contributed by atoms with van der Waals surface area (Å²) in [7, 11) is 0. The molecule has 0 aromatic carbocycles. The van der Waals surface area contributed by atoms with Crippen LogP contribution in [0.4, 0.5) is 0 Å². The molecule has 2 aliphatic carbocycles. The molecule has 0 fully saturated rings. The Morgan fingerprint density at radius 2 is 1.86 bits per heavy atom. The van der Waals surface area contributed by atoms with Crippen molar-refractivity contribution in [3.63, 3.8) is 0 Å². The zero-order valence-electron chi connectivity index (χ0n) is 9.82. The van der Waals surface area contributed by atoms with Crippen LogP contribution in [0, 0.1) is 5.92 Å². The average molecular weight is 190 g/mol. The van der Waals surface area contributed by atoms with Crippen LogP contribution in [0.1, 0.15) is 59.3 Å². The van der Waals surface area contributed by atoms with Crippen molar-refractivity contribution in [1.82, 2.24) is 0 Å². The summed E-state index contributed by atoms with van der Waals surface area (Å²) in [6.45, 7) is 7.02. The number of hydrogen-bond donors (Lipinski definition) is 0. The van der Waals surface area contributed by atoms with E-state index in [9.17, 15) is 0 Å². The Bertz CT molecular complexity index is 291. The van der Waals surface area contributed by atoms with Gasteiger partial charge in [-0.25, -0.2) is 0 Å². The lowest BCUT2D eigenvalue weighted by Gasteiger charge is -2.20. The lowest BCUT2D eigenvalue weighted by molar-refractivity contribution is 0.591. The maximum atomic E-state index is 2.36. The first-order chi connectivity index (χ1) is 6.79. The predicted octanol–water partition coefficient (Wildman–Crippen LogP) is 4.62. The summed E-state index contributed by atoms with van der Waals surface area (Å²) in [4.78, 5) is 0. The van der Waals surface area contributed by atoms with Crippen LogP contribution in [0.15, 0.2) is 22.3 Å². The van der Waals surface area contributed by atoms with Gasteiger partial charge in [0, 0.05) is 5.92 Å². The third kappa shape index (κ3) is 1.36. The second-order valence-corrected chi connectivity index (χ2v) is 4.68. The first-order valence-electron chi connectivity index (χ1n) is 6.21. The van der Waals surface area contributed by atoms with Gasteiger partial charge < -0.3 is 0 Å². The monoisotopic (exact) mass is 190 g/mol. The van der Waals surface area contributed by atoms with Gasteiger partial charge in [0.2, 0.25) is 0 Å². The van der Waals surface area contributed by atoms with Crippen molar-refractivity contribution in [2.24, 2.45) is 5.92 Å². The third-order valence-corrected chi connectivity index (χ3v) is 4.08. The van der Waals surface area contributed by atoms with Gasteiger partial charge in [-0.1, -0.05) is 25.0 Å². The SMILES string of the molecule is CCC1=C(C)C2=C(CCCC2)C1CC. The molecule has 2 rings (SSSR count). The van der Waals surface area contributed by atoms with Crippen LogP contribution >= 0.6 is 0 Å². The van der Waals surface area contributed by atoms with Crippen LogP contribution in [-0.4, -0.2) is 0 Å². The maximum Gasteiger partial charge on any atom is 0.00159 e. The minimum atomic E-state index is 0.829. The first-order valence-corrected chi connectivity index (χ1v) is 6.21. The second kappa shape index (κ2) is 3.92. The molecule has 0 spiro atoms. The smallest absolute Gasteiger partial charge is 0.00159 e. The summed E-state index contributed by atoms with van der Waals surface area (Å²) in [6.07, 6.45) is 8.18. The fourth-order valence-electron chi connectivity index (χ4n) is 3.41. The van der Waals surface area contributed by atoms with Gasteiger partial charge in [-0.3, -0.25) is 0 Å². The molecule has 0 aliphatic heterocycles. The Morgan fingerprint density at radius 1 is 1.14 bits per heavy atom. The van der Waals surface area contributed by atoms with Gasteiger partial charge in [-0.15, -0.1) is 0 Å². The van der Waals surface area contributed by atoms with Crippen molar-refractivity contribution in [3.8, 4) is 0 Å². The Labute approximate surface area is 88.1 Å². The van der Waals surface area contributed by atoms with E-state index in [1.54, 1.807) is 16.7 Å². The second-order valence-electron chi connectivity index (χ2n) is 4.68. The van der Waals surface area contributed by atoms with Gasteiger partial charge in [-0.05, 0) is 56.6 Å². The van der Waals surface area contributed by atoms with E-state index < -0.39 is 0 Å². The molecule has 0 N–H and O–H groups in total. The van der Waals surface area contributed by atoms with Crippen molar-refractivity contribution >= 4 is 0 Å². The van der Waals surface area contributed by atoms with E-state index in [4.69, 9.17) is 0 Å². The van der Waals surface area contributed by atoms with Crippen LogP contribution in [0.2, 0.25) is 0 Å². The zero-order valence-corrected chi connectivity index (χ0v) is 9.82. The fourth-order valence-corrected chi connectivity index (χ4v) is 3.41. The standard InChI is InChI=1S/C14H22/c1-4-11-10(3)13-8-6-7-9-14(13)12(11)5-2/h12H,4-9H2,1-3H3. The molecule has 0 aromatic rings. The van der Waals surface area contributed by atoms with Crippen molar-refractivity contribution in [2.75, 3.05) is 0 Å². The van der Waals surface area contributed by atoms with E-state index in [1.807, 2.05) is 5.57 Å². The van der Waals surface area contributed by atoms with Crippen LogP contribution in [-0.2, 0) is 0 Å². The summed E-state index contributed by atoms with van der Waals surface area (Å²) in [6, 6.07) is 0. The molecule has 0 heteroatoms. The number of allylic oxidation sites excluding steroid dienone is 4. The van der Waals surface area contributed by atoms with Crippen LogP contribution < -0.4 is 0 Å². The molecule has 0 amide bonds. The number of hydrogen-bond acceptors (Lipinski definition) is 0. The van der Waals surface area contributed by atoms with Gasteiger partial charge in [-0.2, -0.15) is 0 Å². The molecule has 1 unspecified atom stereocenters. The van der Waals surface area contributed by atoms with Gasteiger partial charge in [0.15, 0.2) is 0 Å². The van der Waals surface area contributed by atoms with Crippen LogP contribution in [0.5, 0.6) is 0 Å².